The summed E-state index contributed by atoms with van der Waals surface area (Å²) in [6.45, 7) is 0.255. The summed E-state index contributed by atoms with van der Waals surface area (Å²) in [6.07, 6.45) is 2.84. The highest BCUT2D eigenvalue weighted by atomic mass is 32.2. The van der Waals surface area contributed by atoms with E-state index < -0.39 is 30.6 Å². The van der Waals surface area contributed by atoms with Crippen molar-refractivity contribution in [3.05, 3.63) is 24.0 Å². The first-order chi connectivity index (χ1) is 8.70. The molecule has 0 aromatic heterocycles. The van der Waals surface area contributed by atoms with E-state index in [1.165, 1.54) is 0 Å². The zero-order valence-corrected chi connectivity index (χ0v) is 11.9. The van der Waals surface area contributed by atoms with Gasteiger partial charge in [0.1, 0.15) is 10.7 Å². The number of hydrogen-bond acceptors (Lipinski definition) is 4. The van der Waals surface area contributed by atoms with E-state index in [0.717, 1.165) is 37.3 Å². The minimum atomic E-state index is -4.02. The molecule has 0 bridgehead atoms. The third kappa shape index (κ3) is 3.52. The highest BCUT2D eigenvalue weighted by Gasteiger charge is 2.26. The number of rotatable bonds is 5. The summed E-state index contributed by atoms with van der Waals surface area (Å²) in [5, 5.41) is 0. The van der Waals surface area contributed by atoms with Crippen LogP contribution in [0.1, 0.15) is 12.8 Å². The van der Waals surface area contributed by atoms with Crippen molar-refractivity contribution in [3.63, 3.8) is 0 Å². The molecule has 1 N–H and O–H groups in total. The lowest BCUT2D eigenvalue weighted by molar-refractivity contribution is 0.552. The van der Waals surface area contributed by atoms with Gasteiger partial charge in [-0.05, 0) is 37.0 Å². The van der Waals surface area contributed by atoms with Crippen molar-refractivity contribution in [2.24, 2.45) is 5.92 Å². The number of halogens is 1. The standard InChI is InChI=1S/C11H14FNO4S2/c1-18(14,15)9-4-5-10(12)11(6-9)19(16,17)13-7-8-2-3-8/h4-6,8,13H,2-3,7H2,1H3. The van der Waals surface area contributed by atoms with Gasteiger partial charge in [-0.3, -0.25) is 0 Å². The molecular weight excluding hydrogens is 293 g/mol. The van der Waals surface area contributed by atoms with E-state index in [0.29, 0.717) is 5.92 Å². The smallest absolute Gasteiger partial charge is 0.224 e. The Morgan fingerprint density at radius 2 is 1.89 bits per heavy atom. The summed E-state index contributed by atoms with van der Waals surface area (Å²) in [7, 11) is -7.60. The Kier molecular flexibility index (Phi) is 3.67. The molecule has 0 aliphatic heterocycles. The Labute approximate surface area is 111 Å². The van der Waals surface area contributed by atoms with Gasteiger partial charge in [0.15, 0.2) is 9.84 Å². The zero-order chi connectivity index (χ0) is 14.3. The van der Waals surface area contributed by atoms with E-state index in [1.54, 1.807) is 0 Å². The van der Waals surface area contributed by atoms with Crippen LogP contribution in [0.15, 0.2) is 28.0 Å². The van der Waals surface area contributed by atoms with Crippen LogP contribution in [0.4, 0.5) is 4.39 Å². The predicted octanol–water partition coefficient (Wildman–Crippen LogP) is 0.918. The zero-order valence-electron chi connectivity index (χ0n) is 10.3. The molecule has 1 fully saturated rings. The minimum Gasteiger partial charge on any atom is -0.224 e. The van der Waals surface area contributed by atoms with E-state index in [9.17, 15) is 21.2 Å². The molecule has 5 nitrogen and oxygen atoms in total. The fourth-order valence-electron chi connectivity index (χ4n) is 1.55. The maximum atomic E-state index is 13.6. The van der Waals surface area contributed by atoms with Crippen LogP contribution in [-0.4, -0.2) is 29.6 Å². The van der Waals surface area contributed by atoms with Crippen molar-refractivity contribution in [2.75, 3.05) is 12.8 Å². The third-order valence-electron chi connectivity index (χ3n) is 2.88. The average molecular weight is 307 g/mol. The fourth-order valence-corrected chi connectivity index (χ4v) is 3.49. The third-order valence-corrected chi connectivity index (χ3v) is 5.43. The molecule has 0 unspecified atom stereocenters. The van der Waals surface area contributed by atoms with Crippen LogP contribution in [0, 0.1) is 11.7 Å². The first-order valence-corrected chi connectivity index (χ1v) is 9.07. The monoisotopic (exact) mass is 307 g/mol. The van der Waals surface area contributed by atoms with Crippen LogP contribution >= 0.6 is 0 Å². The molecule has 1 aromatic carbocycles. The molecule has 1 aliphatic rings. The van der Waals surface area contributed by atoms with Gasteiger partial charge in [-0.25, -0.2) is 25.9 Å². The highest BCUT2D eigenvalue weighted by molar-refractivity contribution is 7.91. The molecule has 0 spiro atoms. The van der Waals surface area contributed by atoms with Gasteiger partial charge in [-0.15, -0.1) is 0 Å². The molecule has 0 atom stereocenters. The van der Waals surface area contributed by atoms with E-state index in [4.69, 9.17) is 0 Å². The summed E-state index contributed by atoms with van der Waals surface area (Å²) >= 11 is 0. The van der Waals surface area contributed by atoms with Crippen molar-refractivity contribution < 1.29 is 21.2 Å². The lowest BCUT2D eigenvalue weighted by Gasteiger charge is -2.08. The summed E-state index contributed by atoms with van der Waals surface area (Å²) in [6, 6.07) is 2.74. The van der Waals surface area contributed by atoms with Crippen LogP contribution in [0.25, 0.3) is 0 Å². The molecule has 8 heteroatoms. The summed E-state index contributed by atoms with van der Waals surface area (Å²) < 4.78 is 62.4. The van der Waals surface area contributed by atoms with Gasteiger partial charge in [0.05, 0.1) is 4.90 Å². The molecule has 0 saturated heterocycles. The van der Waals surface area contributed by atoms with Gasteiger partial charge in [0, 0.05) is 12.8 Å². The van der Waals surface area contributed by atoms with E-state index in [1.807, 2.05) is 0 Å². The van der Waals surface area contributed by atoms with Crippen molar-refractivity contribution >= 4 is 19.9 Å². The van der Waals surface area contributed by atoms with Crippen molar-refractivity contribution in [1.29, 1.82) is 0 Å². The van der Waals surface area contributed by atoms with Crippen LogP contribution in [-0.2, 0) is 19.9 Å². The second-order valence-electron chi connectivity index (χ2n) is 4.66. The molecule has 1 aromatic rings. The van der Waals surface area contributed by atoms with Gasteiger partial charge in [-0.1, -0.05) is 0 Å². The summed E-state index contributed by atoms with van der Waals surface area (Å²) in [4.78, 5) is -0.850. The maximum absolute atomic E-state index is 13.6. The molecule has 0 radical (unpaired) electrons. The summed E-state index contributed by atoms with van der Waals surface area (Å²) in [5.74, 6) is -0.661. The Bertz CT molecular complexity index is 693. The van der Waals surface area contributed by atoms with Crippen molar-refractivity contribution in [3.8, 4) is 0 Å². The van der Waals surface area contributed by atoms with Gasteiger partial charge in [0.2, 0.25) is 10.0 Å². The van der Waals surface area contributed by atoms with E-state index in [2.05, 4.69) is 4.72 Å². The van der Waals surface area contributed by atoms with Crippen LogP contribution in [0.2, 0.25) is 0 Å². The molecule has 19 heavy (non-hydrogen) atoms. The predicted molar refractivity (Wildman–Crippen MR) is 67.4 cm³/mol. The SMILES string of the molecule is CS(=O)(=O)c1ccc(F)c(S(=O)(=O)NCC2CC2)c1. The van der Waals surface area contributed by atoms with E-state index in [-0.39, 0.29) is 11.4 Å². The normalized spacial score (nSPS) is 16.5. The molecule has 1 aliphatic carbocycles. The number of hydrogen-bond donors (Lipinski definition) is 1. The molecule has 1 saturated carbocycles. The van der Waals surface area contributed by atoms with E-state index >= 15 is 0 Å². The molecule has 0 heterocycles. The first-order valence-electron chi connectivity index (χ1n) is 5.69. The van der Waals surface area contributed by atoms with Gasteiger partial charge in [0.25, 0.3) is 0 Å². The molecular formula is C11H14FNO4S2. The second kappa shape index (κ2) is 4.84. The Morgan fingerprint density at radius 1 is 1.26 bits per heavy atom. The van der Waals surface area contributed by atoms with Crippen LogP contribution < -0.4 is 4.72 Å². The summed E-state index contributed by atoms with van der Waals surface area (Å²) in [5.41, 5.74) is 0. The second-order valence-corrected chi connectivity index (χ2v) is 8.41. The van der Waals surface area contributed by atoms with Gasteiger partial charge >= 0.3 is 0 Å². The Balaban J connectivity index is 2.36. The number of benzene rings is 1. The van der Waals surface area contributed by atoms with Gasteiger partial charge < -0.3 is 0 Å². The molecule has 2 rings (SSSR count). The fraction of sp³-hybridized carbons (Fsp3) is 0.455. The highest BCUT2D eigenvalue weighted by Crippen LogP contribution is 2.28. The minimum absolute atomic E-state index is 0.222. The maximum Gasteiger partial charge on any atom is 0.243 e. The lowest BCUT2D eigenvalue weighted by Crippen LogP contribution is -2.26. The topological polar surface area (TPSA) is 80.3 Å². The molecule has 0 amide bonds. The van der Waals surface area contributed by atoms with Crippen LogP contribution in [0.5, 0.6) is 0 Å². The number of sulfone groups is 1. The van der Waals surface area contributed by atoms with Crippen molar-refractivity contribution in [2.45, 2.75) is 22.6 Å². The lowest BCUT2D eigenvalue weighted by atomic mass is 10.3. The molecule has 106 valence electrons. The first kappa shape index (κ1) is 14.4. The van der Waals surface area contributed by atoms with Crippen molar-refractivity contribution in [1.82, 2.24) is 4.72 Å². The Morgan fingerprint density at radius 3 is 2.42 bits per heavy atom. The quantitative estimate of drug-likeness (QED) is 0.820. The van der Waals surface area contributed by atoms with Gasteiger partial charge in [-0.2, -0.15) is 0 Å². The number of nitrogens with one attached hydrogen (secondary N) is 1. The average Bonchev–Trinajstić information content (AvgIpc) is 3.09. The Hall–Kier alpha value is -0.990. The largest absolute Gasteiger partial charge is 0.243 e. The van der Waals surface area contributed by atoms with Crippen LogP contribution in [0.3, 0.4) is 0 Å². The number of sulfonamides is 1.